The summed E-state index contributed by atoms with van der Waals surface area (Å²) in [5, 5.41) is 18.9. The van der Waals surface area contributed by atoms with Gasteiger partial charge < -0.3 is 19.5 Å². The van der Waals surface area contributed by atoms with E-state index in [2.05, 4.69) is 39.8 Å². The van der Waals surface area contributed by atoms with Gasteiger partial charge in [-0.3, -0.25) is 14.8 Å². The second kappa shape index (κ2) is 14.5. The van der Waals surface area contributed by atoms with Crippen molar-refractivity contribution in [2.75, 3.05) is 37.1 Å². The van der Waals surface area contributed by atoms with Crippen LogP contribution in [0, 0.1) is 24.2 Å². The minimum Gasteiger partial charge on any atom is -0.476 e. The number of thiazole rings is 1. The number of para-hydroxylation sites is 1. The SMILES string of the molecule is COCCOC12CC(C)CC(Cn3ncc(-c4ccc(N5CCc6cccc(C(=O)Nc7nc8ccccc8s7)c6C5)nc4C(=O)O)c3C)(CC(C)C1)C2. The van der Waals surface area contributed by atoms with Gasteiger partial charge in [0, 0.05) is 49.1 Å². The molecule has 2 aromatic carbocycles. The van der Waals surface area contributed by atoms with Crippen LogP contribution in [0.2, 0.25) is 0 Å². The highest BCUT2D eigenvalue weighted by Gasteiger charge is 2.53. The maximum atomic E-state index is 13.6. The van der Waals surface area contributed by atoms with Crippen molar-refractivity contribution in [3.63, 3.8) is 0 Å². The maximum absolute atomic E-state index is 13.6. The standard InChI is InChI=1S/C42H48N6O5S/c1-26-18-41(19-27(2)21-42(20-26,24-41)53-17-16-52-4)25-48-28(3)32(22-43-48)30-12-13-36(45-37(30)39(50)51)47-15-14-29-8-7-9-31(33(29)23-47)38(49)46-40-44-34-10-5-6-11-35(34)54-40/h5-13,22,26-27H,14-21,23-25H2,1-4H3,(H,50,51)(H,44,46,49). The van der Waals surface area contributed by atoms with E-state index in [1.54, 1.807) is 13.3 Å². The number of amides is 1. The first-order valence-electron chi connectivity index (χ1n) is 19.0. The summed E-state index contributed by atoms with van der Waals surface area (Å²) in [7, 11) is 1.71. The van der Waals surface area contributed by atoms with E-state index >= 15 is 0 Å². The van der Waals surface area contributed by atoms with E-state index in [1.807, 2.05) is 55.5 Å². The van der Waals surface area contributed by atoms with E-state index in [0.29, 0.717) is 66.6 Å². The molecule has 2 atom stereocenters. The highest BCUT2D eigenvalue weighted by atomic mass is 32.1. The highest BCUT2D eigenvalue weighted by Crippen LogP contribution is 2.57. The number of methoxy groups -OCH3 is 1. The van der Waals surface area contributed by atoms with E-state index in [9.17, 15) is 14.7 Å². The molecule has 8 rings (SSSR count). The van der Waals surface area contributed by atoms with Crippen molar-refractivity contribution in [3.05, 3.63) is 88.9 Å². The fourth-order valence-electron chi connectivity index (χ4n) is 10.00. The van der Waals surface area contributed by atoms with Crippen LogP contribution in [0.25, 0.3) is 21.3 Å². The van der Waals surface area contributed by atoms with Gasteiger partial charge in [0.1, 0.15) is 5.82 Å². The Morgan fingerprint density at radius 3 is 2.54 bits per heavy atom. The number of carbonyl (C=O) groups is 2. The average Bonchev–Trinajstić information content (AvgIpc) is 3.71. The van der Waals surface area contributed by atoms with Gasteiger partial charge in [-0.2, -0.15) is 5.10 Å². The van der Waals surface area contributed by atoms with Gasteiger partial charge >= 0.3 is 5.97 Å². The Morgan fingerprint density at radius 1 is 0.981 bits per heavy atom. The van der Waals surface area contributed by atoms with Crippen LogP contribution in [-0.2, 0) is 29.0 Å². The minimum atomic E-state index is -1.09. The molecule has 0 saturated heterocycles. The number of carboxylic acids is 1. The molecule has 2 N–H and O–H groups in total. The van der Waals surface area contributed by atoms with Crippen molar-refractivity contribution in [1.82, 2.24) is 19.7 Å². The van der Waals surface area contributed by atoms with Gasteiger partial charge in [-0.15, -0.1) is 0 Å². The fraction of sp³-hybridized carbons (Fsp3) is 0.452. The molecule has 2 fully saturated rings. The molecule has 2 saturated carbocycles. The number of carbonyl (C=O) groups excluding carboxylic acids is 1. The summed E-state index contributed by atoms with van der Waals surface area (Å²) >= 11 is 1.44. The number of ether oxygens (including phenoxy) is 2. The fourth-order valence-corrected chi connectivity index (χ4v) is 10.9. The molecule has 5 aromatic rings. The summed E-state index contributed by atoms with van der Waals surface area (Å²) in [5.41, 5.74) is 5.56. The molecular formula is C42H48N6O5S. The lowest BCUT2D eigenvalue weighted by Gasteiger charge is -2.56. The number of rotatable bonds is 11. The van der Waals surface area contributed by atoms with Crippen molar-refractivity contribution >= 4 is 44.4 Å². The molecule has 0 spiro atoms. The predicted molar refractivity (Wildman–Crippen MR) is 210 cm³/mol. The van der Waals surface area contributed by atoms with Crippen molar-refractivity contribution in [2.45, 2.75) is 78.0 Å². The predicted octanol–water partition coefficient (Wildman–Crippen LogP) is 8.01. The summed E-state index contributed by atoms with van der Waals surface area (Å²) in [5.74, 6) is 0.315. The van der Waals surface area contributed by atoms with Crippen LogP contribution in [0.15, 0.2) is 60.8 Å². The zero-order valence-electron chi connectivity index (χ0n) is 31.4. The van der Waals surface area contributed by atoms with Crippen LogP contribution >= 0.6 is 11.3 Å². The number of carboxylic acid groups (broad SMARTS) is 1. The quantitative estimate of drug-likeness (QED) is 0.129. The monoisotopic (exact) mass is 748 g/mol. The largest absolute Gasteiger partial charge is 0.476 e. The Kier molecular flexibility index (Phi) is 9.78. The lowest BCUT2D eigenvalue weighted by molar-refractivity contribution is -0.168. The zero-order chi connectivity index (χ0) is 37.6. The third-order valence-electron chi connectivity index (χ3n) is 11.7. The Bertz CT molecular complexity index is 2170. The van der Waals surface area contributed by atoms with Crippen LogP contribution in [0.4, 0.5) is 10.9 Å². The second-order valence-electron chi connectivity index (χ2n) is 16.0. The number of benzene rings is 2. The number of fused-ring (bicyclic) bond motifs is 4. The molecule has 1 amide bonds. The molecule has 0 radical (unpaired) electrons. The van der Waals surface area contributed by atoms with Gasteiger partial charge in [-0.25, -0.2) is 14.8 Å². The summed E-state index contributed by atoms with van der Waals surface area (Å²) in [4.78, 5) is 37.8. The van der Waals surface area contributed by atoms with Crippen LogP contribution in [-0.4, -0.2) is 69.2 Å². The van der Waals surface area contributed by atoms with Crippen molar-refractivity contribution in [3.8, 4) is 11.1 Å². The summed E-state index contributed by atoms with van der Waals surface area (Å²) in [6.07, 6.45) is 7.84. The van der Waals surface area contributed by atoms with Crippen LogP contribution < -0.4 is 10.2 Å². The molecule has 3 aromatic heterocycles. The number of pyridine rings is 1. The smallest absolute Gasteiger partial charge is 0.355 e. The van der Waals surface area contributed by atoms with Gasteiger partial charge in [0.15, 0.2) is 10.8 Å². The number of anilines is 2. The highest BCUT2D eigenvalue weighted by molar-refractivity contribution is 7.22. The van der Waals surface area contributed by atoms with E-state index in [4.69, 9.17) is 19.6 Å². The lowest BCUT2D eigenvalue weighted by atomic mass is 9.54. The van der Waals surface area contributed by atoms with E-state index < -0.39 is 5.97 Å². The minimum absolute atomic E-state index is 0.0101. The number of hydrogen-bond donors (Lipinski definition) is 2. The first-order valence-corrected chi connectivity index (χ1v) is 19.8. The molecular weight excluding hydrogens is 701 g/mol. The van der Waals surface area contributed by atoms with Crippen LogP contribution in [0.5, 0.6) is 0 Å². The van der Waals surface area contributed by atoms with Crippen molar-refractivity contribution in [1.29, 1.82) is 0 Å². The summed E-state index contributed by atoms with van der Waals surface area (Å²) < 4.78 is 15.0. The first-order chi connectivity index (χ1) is 26.0. The molecule has 12 heteroatoms. The number of nitrogens with one attached hydrogen (secondary N) is 1. The topological polar surface area (TPSA) is 132 Å². The Hall–Kier alpha value is -4.65. The molecule has 54 heavy (non-hydrogen) atoms. The molecule has 11 nitrogen and oxygen atoms in total. The number of aromatic carboxylic acids is 1. The van der Waals surface area contributed by atoms with Gasteiger partial charge in [-0.1, -0.05) is 49.4 Å². The van der Waals surface area contributed by atoms with Gasteiger partial charge in [-0.05, 0) is 104 Å². The van der Waals surface area contributed by atoms with E-state index in [1.165, 1.54) is 11.3 Å². The third kappa shape index (κ3) is 7.02. The van der Waals surface area contributed by atoms with Gasteiger partial charge in [0.05, 0.1) is 35.2 Å². The first kappa shape index (κ1) is 36.3. The maximum Gasteiger partial charge on any atom is 0.355 e. The van der Waals surface area contributed by atoms with E-state index in [0.717, 1.165) is 71.2 Å². The van der Waals surface area contributed by atoms with Crippen molar-refractivity contribution < 1.29 is 24.2 Å². The molecule has 282 valence electrons. The number of hydrogen-bond acceptors (Lipinski definition) is 9. The normalized spacial score (nSPS) is 23.7. The zero-order valence-corrected chi connectivity index (χ0v) is 32.2. The Morgan fingerprint density at radius 2 is 1.78 bits per heavy atom. The summed E-state index contributed by atoms with van der Waals surface area (Å²) in [6.45, 7) is 9.74. The molecule has 2 unspecified atom stereocenters. The van der Waals surface area contributed by atoms with Crippen molar-refractivity contribution in [2.24, 2.45) is 17.3 Å². The molecule has 1 aliphatic heterocycles. The van der Waals surface area contributed by atoms with Gasteiger partial charge in [0.25, 0.3) is 5.91 Å². The second-order valence-corrected chi connectivity index (χ2v) is 17.0. The average molecular weight is 749 g/mol. The van der Waals surface area contributed by atoms with Crippen LogP contribution in [0.3, 0.4) is 0 Å². The summed E-state index contributed by atoms with van der Waals surface area (Å²) in [6, 6.07) is 17.4. The molecule has 2 aliphatic carbocycles. The van der Waals surface area contributed by atoms with Gasteiger partial charge in [0.2, 0.25) is 0 Å². The third-order valence-corrected chi connectivity index (χ3v) is 12.7. The number of aromatic nitrogens is 4. The Labute approximate surface area is 319 Å². The molecule has 2 bridgehead atoms. The van der Waals surface area contributed by atoms with Crippen LogP contribution in [0.1, 0.15) is 83.6 Å². The lowest BCUT2D eigenvalue weighted by Crippen LogP contribution is -2.53. The Balaban J connectivity index is 1.03. The molecule has 4 heterocycles. The molecule has 3 aliphatic rings. The van der Waals surface area contributed by atoms with E-state index in [-0.39, 0.29) is 22.6 Å². The number of nitrogens with zero attached hydrogens (tertiary/aromatic N) is 5.